The van der Waals surface area contributed by atoms with Crippen molar-refractivity contribution in [2.45, 2.75) is 19.1 Å². The second-order valence-corrected chi connectivity index (χ2v) is 5.81. The number of thiophene rings is 1. The Morgan fingerprint density at radius 2 is 2.29 bits per heavy atom. The standard InChI is InChI=1S/C14H15N3O3S/c1-10-7-16(8-13(20-10)11-4-5-21-9-11)12-2-3-14(15-6-12)17(18)19/h2-6,9-10,13H,7-8H2,1H3/t10-,13-/m1/s1. The van der Waals surface area contributed by atoms with Crippen molar-refractivity contribution in [1.29, 1.82) is 0 Å². The van der Waals surface area contributed by atoms with E-state index in [1.54, 1.807) is 23.6 Å². The summed E-state index contributed by atoms with van der Waals surface area (Å²) < 4.78 is 5.98. The van der Waals surface area contributed by atoms with E-state index in [0.717, 1.165) is 18.8 Å². The second kappa shape index (κ2) is 5.79. The summed E-state index contributed by atoms with van der Waals surface area (Å²) in [5.41, 5.74) is 2.06. The zero-order valence-corrected chi connectivity index (χ0v) is 12.3. The molecule has 0 aliphatic carbocycles. The normalized spacial score (nSPS) is 22.2. The van der Waals surface area contributed by atoms with Crippen molar-refractivity contribution < 1.29 is 9.66 Å². The van der Waals surface area contributed by atoms with Gasteiger partial charge in [0.2, 0.25) is 0 Å². The fraction of sp³-hybridized carbons (Fsp3) is 0.357. The molecule has 0 unspecified atom stereocenters. The quantitative estimate of drug-likeness (QED) is 0.644. The van der Waals surface area contributed by atoms with Gasteiger partial charge in [-0.3, -0.25) is 0 Å². The summed E-state index contributed by atoms with van der Waals surface area (Å²) in [7, 11) is 0. The third-order valence-corrected chi connectivity index (χ3v) is 4.16. The summed E-state index contributed by atoms with van der Waals surface area (Å²) in [6, 6.07) is 5.25. The minimum Gasteiger partial charge on any atom is -0.367 e. The van der Waals surface area contributed by atoms with Gasteiger partial charge < -0.3 is 19.8 Å². The lowest BCUT2D eigenvalue weighted by molar-refractivity contribution is -0.389. The Morgan fingerprint density at radius 3 is 2.90 bits per heavy atom. The van der Waals surface area contributed by atoms with Crippen LogP contribution in [0.5, 0.6) is 0 Å². The molecular formula is C14H15N3O3S. The molecule has 0 saturated carbocycles. The van der Waals surface area contributed by atoms with Crippen molar-refractivity contribution in [2.24, 2.45) is 0 Å². The average Bonchev–Trinajstić information content (AvgIpc) is 3.01. The van der Waals surface area contributed by atoms with Gasteiger partial charge in [-0.1, -0.05) is 0 Å². The fourth-order valence-corrected chi connectivity index (χ4v) is 3.18. The molecule has 0 spiro atoms. The van der Waals surface area contributed by atoms with E-state index in [-0.39, 0.29) is 18.0 Å². The van der Waals surface area contributed by atoms with Gasteiger partial charge in [-0.15, -0.1) is 0 Å². The van der Waals surface area contributed by atoms with Gasteiger partial charge in [0.25, 0.3) is 0 Å². The Labute approximate surface area is 126 Å². The molecule has 1 fully saturated rings. The van der Waals surface area contributed by atoms with Gasteiger partial charge in [0.05, 0.1) is 11.8 Å². The first kappa shape index (κ1) is 14.0. The van der Waals surface area contributed by atoms with Crippen molar-refractivity contribution in [1.82, 2.24) is 4.98 Å². The van der Waals surface area contributed by atoms with Crippen LogP contribution in [-0.2, 0) is 4.74 Å². The highest BCUT2D eigenvalue weighted by Crippen LogP contribution is 2.29. The van der Waals surface area contributed by atoms with Crippen molar-refractivity contribution in [3.05, 3.63) is 50.8 Å². The molecule has 1 aliphatic rings. The minimum atomic E-state index is -0.486. The maximum absolute atomic E-state index is 10.7. The van der Waals surface area contributed by atoms with Crippen LogP contribution < -0.4 is 4.90 Å². The zero-order valence-electron chi connectivity index (χ0n) is 11.5. The molecule has 0 aromatic carbocycles. The molecule has 2 atom stereocenters. The van der Waals surface area contributed by atoms with E-state index in [9.17, 15) is 10.1 Å². The van der Waals surface area contributed by atoms with E-state index >= 15 is 0 Å². The first-order chi connectivity index (χ1) is 10.1. The lowest BCUT2D eigenvalue weighted by atomic mass is 10.1. The fourth-order valence-electron chi connectivity index (χ4n) is 2.48. The maximum Gasteiger partial charge on any atom is 0.363 e. The lowest BCUT2D eigenvalue weighted by Crippen LogP contribution is -2.42. The van der Waals surface area contributed by atoms with E-state index in [1.165, 1.54) is 11.6 Å². The highest BCUT2D eigenvalue weighted by atomic mass is 32.1. The molecule has 21 heavy (non-hydrogen) atoms. The molecule has 2 aromatic heterocycles. The Kier molecular flexibility index (Phi) is 3.85. The van der Waals surface area contributed by atoms with E-state index < -0.39 is 4.92 Å². The van der Waals surface area contributed by atoms with Gasteiger partial charge in [0.1, 0.15) is 6.10 Å². The van der Waals surface area contributed by atoms with E-state index in [0.29, 0.717) is 0 Å². The number of rotatable bonds is 3. The topological polar surface area (TPSA) is 68.5 Å². The predicted molar refractivity (Wildman–Crippen MR) is 80.7 cm³/mol. The van der Waals surface area contributed by atoms with Crippen LogP contribution in [0, 0.1) is 10.1 Å². The van der Waals surface area contributed by atoms with Gasteiger partial charge in [-0.2, -0.15) is 11.3 Å². The second-order valence-electron chi connectivity index (χ2n) is 5.03. The smallest absolute Gasteiger partial charge is 0.363 e. The van der Waals surface area contributed by atoms with Gasteiger partial charge in [-0.05, 0) is 45.3 Å². The summed E-state index contributed by atoms with van der Waals surface area (Å²) in [6.45, 7) is 3.50. The van der Waals surface area contributed by atoms with Gasteiger partial charge in [-0.25, -0.2) is 0 Å². The highest BCUT2D eigenvalue weighted by Gasteiger charge is 2.27. The number of nitro groups is 1. The monoisotopic (exact) mass is 305 g/mol. The third kappa shape index (κ3) is 3.03. The number of pyridine rings is 1. The summed E-state index contributed by atoms with van der Waals surface area (Å²) in [6.07, 6.45) is 1.68. The number of nitrogens with zero attached hydrogens (tertiary/aromatic N) is 3. The molecular weight excluding hydrogens is 290 g/mol. The van der Waals surface area contributed by atoms with Gasteiger partial charge >= 0.3 is 5.82 Å². The molecule has 2 aromatic rings. The number of anilines is 1. The third-order valence-electron chi connectivity index (χ3n) is 3.46. The van der Waals surface area contributed by atoms with Crippen LogP contribution in [0.1, 0.15) is 18.6 Å². The molecule has 0 radical (unpaired) electrons. The van der Waals surface area contributed by atoms with Crippen LogP contribution >= 0.6 is 11.3 Å². The van der Waals surface area contributed by atoms with Crippen molar-refractivity contribution in [3.8, 4) is 0 Å². The van der Waals surface area contributed by atoms with Crippen LogP contribution in [0.4, 0.5) is 11.5 Å². The largest absolute Gasteiger partial charge is 0.367 e. The van der Waals surface area contributed by atoms with Crippen molar-refractivity contribution >= 4 is 22.8 Å². The molecule has 0 amide bonds. The molecule has 0 bridgehead atoms. The number of hydrogen-bond donors (Lipinski definition) is 0. The Bertz CT molecular complexity index is 615. The Morgan fingerprint density at radius 1 is 1.43 bits per heavy atom. The van der Waals surface area contributed by atoms with Crippen LogP contribution in [0.3, 0.4) is 0 Å². The van der Waals surface area contributed by atoms with Crippen LogP contribution in [0.25, 0.3) is 0 Å². The highest BCUT2D eigenvalue weighted by molar-refractivity contribution is 7.07. The Hall–Kier alpha value is -1.99. The van der Waals surface area contributed by atoms with E-state index in [4.69, 9.17) is 4.74 Å². The summed E-state index contributed by atoms with van der Waals surface area (Å²) in [5, 5.41) is 14.8. The first-order valence-corrected chi connectivity index (χ1v) is 7.60. The SMILES string of the molecule is C[C@@H]1CN(c2ccc([N+](=O)[O-])nc2)C[C@H](c2ccsc2)O1. The molecule has 0 N–H and O–H groups in total. The van der Waals surface area contributed by atoms with Crippen molar-refractivity contribution in [2.75, 3.05) is 18.0 Å². The maximum atomic E-state index is 10.7. The molecule has 1 aliphatic heterocycles. The summed E-state index contributed by atoms with van der Waals surface area (Å²) >= 11 is 1.65. The molecule has 6 nitrogen and oxygen atoms in total. The predicted octanol–water partition coefficient (Wildman–Crippen LogP) is 3.02. The summed E-state index contributed by atoms with van der Waals surface area (Å²) in [4.78, 5) is 16.2. The van der Waals surface area contributed by atoms with Crippen LogP contribution in [0.15, 0.2) is 35.2 Å². The van der Waals surface area contributed by atoms with Crippen molar-refractivity contribution in [3.63, 3.8) is 0 Å². The van der Waals surface area contributed by atoms with Gasteiger partial charge in [0.15, 0.2) is 6.20 Å². The number of aromatic nitrogens is 1. The summed E-state index contributed by atoms with van der Waals surface area (Å²) in [5.74, 6) is -0.130. The molecule has 7 heteroatoms. The first-order valence-electron chi connectivity index (χ1n) is 6.66. The van der Waals surface area contributed by atoms with Crippen LogP contribution in [-0.4, -0.2) is 29.1 Å². The molecule has 110 valence electrons. The molecule has 1 saturated heterocycles. The van der Waals surface area contributed by atoms with E-state index in [1.807, 2.05) is 12.3 Å². The minimum absolute atomic E-state index is 0.0233. The van der Waals surface area contributed by atoms with Gasteiger partial charge in [0, 0.05) is 19.2 Å². The van der Waals surface area contributed by atoms with E-state index in [2.05, 4.69) is 21.3 Å². The van der Waals surface area contributed by atoms with Crippen LogP contribution in [0.2, 0.25) is 0 Å². The average molecular weight is 305 g/mol. The Balaban J connectivity index is 1.79. The zero-order chi connectivity index (χ0) is 14.8. The number of hydrogen-bond acceptors (Lipinski definition) is 6. The number of ether oxygens (including phenoxy) is 1. The number of morpholine rings is 1. The molecule has 3 rings (SSSR count). The molecule has 3 heterocycles. The lowest BCUT2D eigenvalue weighted by Gasteiger charge is -2.37.